The van der Waals surface area contributed by atoms with E-state index in [4.69, 9.17) is 0 Å². The summed E-state index contributed by atoms with van der Waals surface area (Å²) in [6, 6.07) is 9.90. The molecule has 2 bridgehead atoms. The average Bonchev–Trinajstić information content (AvgIpc) is 3.67. The monoisotopic (exact) mass is 653 g/mol. The van der Waals surface area contributed by atoms with Gasteiger partial charge in [-0.15, -0.1) is 11.3 Å². The fourth-order valence-corrected chi connectivity index (χ4v) is 9.83. The minimum absolute atomic E-state index is 0.0502. The molecule has 0 spiro atoms. The van der Waals surface area contributed by atoms with Gasteiger partial charge in [-0.3, -0.25) is 18.9 Å². The zero-order valence-electron chi connectivity index (χ0n) is 24.2. The SMILES string of the molecule is O=C(NC1CC2C3C([C@H]23)[C@H]2CC[C@@H](C(=O)N[C@H]3CN(c4ccccn4)C[C@@H]3F)N2C1=O)c1cc2cc(CP(=O)(O)O)ccc2s1. The second-order valence-corrected chi connectivity index (χ2v) is 15.8. The number of fused-ring (bicyclic) bond motifs is 3. The molecule has 6 aliphatic rings. The number of thiophene rings is 1. The molecule has 4 saturated heterocycles. The number of alkyl halides is 1. The fraction of sp³-hybridized carbons (Fsp3) is 0.484. The molecule has 45 heavy (non-hydrogen) atoms. The Morgan fingerprint density at radius 2 is 1.89 bits per heavy atom. The van der Waals surface area contributed by atoms with Crippen LogP contribution in [0.2, 0.25) is 0 Å². The number of carbonyl (C=O) groups excluding carboxylic acids is 3. The number of hydrogen-bond donors (Lipinski definition) is 4. The van der Waals surface area contributed by atoms with Crippen LogP contribution >= 0.6 is 18.9 Å². The second kappa shape index (κ2) is 10.6. The van der Waals surface area contributed by atoms with Crippen LogP contribution < -0.4 is 15.5 Å². The van der Waals surface area contributed by atoms with Crippen LogP contribution in [0.25, 0.3) is 10.1 Å². The fourth-order valence-electron chi connectivity index (χ4n) is 8.21. The number of benzene rings is 1. The molecule has 2 saturated carbocycles. The number of amides is 3. The topological polar surface area (TPSA) is 152 Å². The van der Waals surface area contributed by atoms with Gasteiger partial charge in [0.2, 0.25) is 11.8 Å². The second-order valence-electron chi connectivity index (χ2n) is 13.1. The third-order valence-electron chi connectivity index (χ3n) is 10.3. The van der Waals surface area contributed by atoms with Gasteiger partial charge in [-0.25, -0.2) is 9.37 Å². The van der Waals surface area contributed by atoms with Crippen molar-refractivity contribution in [1.82, 2.24) is 20.5 Å². The first kappa shape index (κ1) is 29.1. The molecule has 4 unspecified atom stereocenters. The van der Waals surface area contributed by atoms with Crippen LogP contribution in [0.4, 0.5) is 10.2 Å². The number of carbonyl (C=O) groups is 3. The van der Waals surface area contributed by atoms with E-state index in [0.717, 1.165) is 4.70 Å². The molecular formula is C31H33FN5O6PS. The summed E-state index contributed by atoms with van der Waals surface area (Å²) in [5.41, 5.74) is 0.476. The molecule has 11 nitrogen and oxygen atoms in total. The minimum Gasteiger partial charge on any atom is -0.351 e. The number of pyridine rings is 1. The number of nitrogens with zero attached hydrogens (tertiary/aromatic N) is 3. The molecule has 2 aromatic heterocycles. The molecule has 4 N–H and O–H groups in total. The Morgan fingerprint density at radius 1 is 1.07 bits per heavy atom. The van der Waals surface area contributed by atoms with Gasteiger partial charge in [-0.1, -0.05) is 12.1 Å². The lowest BCUT2D eigenvalue weighted by Crippen LogP contribution is -2.59. The van der Waals surface area contributed by atoms with E-state index in [1.807, 2.05) is 17.0 Å². The lowest BCUT2D eigenvalue weighted by molar-refractivity contribution is -0.144. The quantitative estimate of drug-likeness (QED) is 0.284. The molecule has 9 atom stereocenters. The van der Waals surface area contributed by atoms with Gasteiger partial charge in [0, 0.05) is 23.5 Å². The smallest absolute Gasteiger partial charge is 0.329 e. The number of hydrogen-bond acceptors (Lipinski definition) is 7. The van der Waals surface area contributed by atoms with E-state index >= 15 is 4.39 Å². The van der Waals surface area contributed by atoms with E-state index in [1.165, 1.54) is 11.3 Å². The zero-order valence-corrected chi connectivity index (χ0v) is 25.9. The lowest BCUT2D eigenvalue weighted by atomic mass is 9.88. The van der Waals surface area contributed by atoms with E-state index in [2.05, 4.69) is 15.6 Å². The van der Waals surface area contributed by atoms with Crippen molar-refractivity contribution in [3.8, 4) is 0 Å². The lowest BCUT2D eigenvalue weighted by Gasteiger charge is -2.38. The number of anilines is 1. The Bertz CT molecular complexity index is 1740. The Balaban J connectivity index is 0.977. The van der Waals surface area contributed by atoms with Crippen molar-refractivity contribution < 1.29 is 33.1 Å². The average molecular weight is 654 g/mol. The Hall–Kier alpha value is -3.38. The molecule has 6 fully saturated rings. The van der Waals surface area contributed by atoms with Gasteiger partial charge in [-0.2, -0.15) is 0 Å². The third kappa shape index (κ3) is 5.23. The van der Waals surface area contributed by atoms with Gasteiger partial charge >= 0.3 is 7.60 Å². The van der Waals surface area contributed by atoms with Gasteiger partial charge < -0.3 is 30.2 Å². The van der Waals surface area contributed by atoms with Gasteiger partial charge in [0.1, 0.15) is 24.1 Å². The number of rotatable bonds is 7. The van der Waals surface area contributed by atoms with Crippen LogP contribution in [0.3, 0.4) is 0 Å². The van der Waals surface area contributed by atoms with Crippen molar-refractivity contribution in [1.29, 1.82) is 0 Å². The van der Waals surface area contributed by atoms with Crippen molar-refractivity contribution in [2.24, 2.45) is 23.7 Å². The third-order valence-corrected chi connectivity index (χ3v) is 12.2. The summed E-state index contributed by atoms with van der Waals surface area (Å²) in [4.78, 5) is 68.1. The van der Waals surface area contributed by atoms with Gasteiger partial charge in [0.05, 0.1) is 23.6 Å². The number of nitrogens with one attached hydrogen (secondary N) is 2. The Morgan fingerprint density at radius 3 is 2.64 bits per heavy atom. The van der Waals surface area contributed by atoms with Crippen LogP contribution in [0.15, 0.2) is 48.7 Å². The Labute approximate surface area is 262 Å². The van der Waals surface area contributed by atoms with Crippen molar-refractivity contribution in [2.75, 3.05) is 18.0 Å². The van der Waals surface area contributed by atoms with Crippen LogP contribution in [0.5, 0.6) is 0 Å². The molecule has 14 heteroatoms. The van der Waals surface area contributed by atoms with Gasteiger partial charge in [0.25, 0.3) is 5.91 Å². The molecule has 0 radical (unpaired) electrons. The van der Waals surface area contributed by atoms with Gasteiger partial charge in [-0.05, 0) is 84.2 Å². The first-order valence-electron chi connectivity index (χ1n) is 15.4. The Kier molecular flexibility index (Phi) is 6.83. The largest absolute Gasteiger partial charge is 0.351 e. The minimum atomic E-state index is -4.24. The first-order valence-corrected chi connectivity index (χ1v) is 18.0. The normalized spacial score (nSPS) is 33.3. The first-order chi connectivity index (χ1) is 21.6. The summed E-state index contributed by atoms with van der Waals surface area (Å²) in [7, 11) is -4.24. The van der Waals surface area contributed by atoms with Gasteiger partial charge in [0.15, 0.2) is 0 Å². The molecular weight excluding hydrogens is 620 g/mol. The van der Waals surface area contributed by atoms with Crippen molar-refractivity contribution >= 4 is 52.6 Å². The number of aromatic nitrogens is 1. The van der Waals surface area contributed by atoms with Crippen LogP contribution in [0.1, 0.15) is 34.5 Å². The molecule has 6 heterocycles. The van der Waals surface area contributed by atoms with Crippen molar-refractivity contribution in [3.05, 3.63) is 59.1 Å². The van der Waals surface area contributed by atoms with E-state index in [0.29, 0.717) is 64.6 Å². The highest BCUT2D eigenvalue weighted by Crippen LogP contribution is 2.77. The highest BCUT2D eigenvalue weighted by Gasteiger charge is 2.77. The van der Waals surface area contributed by atoms with E-state index in [9.17, 15) is 28.7 Å². The highest BCUT2D eigenvalue weighted by molar-refractivity contribution is 7.50. The van der Waals surface area contributed by atoms with Crippen LogP contribution in [-0.4, -0.2) is 80.8 Å². The summed E-state index contributed by atoms with van der Waals surface area (Å²) in [6.07, 6.45) is 1.74. The molecule has 3 amide bonds. The van der Waals surface area contributed by atoms with E-state index in [-0.39, 0.29) is 37.1 Å². The predicted molar refractivity (Wildman–Crippen MR) is 164 cm³/mol. The summed E-state index contributed by atoms with van der Waals surface area (Å²) in [5.74, 6) is 1.50. The highest BCUT2D eigenvalue weighted by atomic mass is 32.1. The summed E-state index contributed by atoms with van der Waals surface area (Å²) >= 11 is 1.25. The van der Waals surface area contributed by atoms with Crippen LogP contribution in [0, 0.1) is 23.7 Å². The summed E-state index contributed by atoms with van der Waals surface area (Å²) < 4.78 is 27.3. The molecule has 4 aliphatic heterocycles. The van der Waals surface area contributed by atoms with Crippen LogP contribution in [-0.2, 0) is 20.3 Å². The molecule has 1 aromatic carbocycles. The van der Waals surface area contributed by atoms with Crippen molar-refractivity contribution in [3.63, 3.8) is 0 Å². The maximum absolute atomic E-state index is 15.1. The standard InChI is InChI=1S/C31H33FN5O6PS/c32-18-12-36(25-3-1-2-8-33-25)13-20(18)35-29(38)22-6-5-21-28-26-17(27(26)28)11-19(31(40)37(21)22)34-30(39)24-10-16-9-15(14-44(41,42)43)4-7-23(16)45-24/h1-4,7-10,17-22,26-28H,5-6,11-14H2,(H,34,39)(H,35,38)(H2,41,42,43)/t17?,18-,19?,20-,21+,22-,26+,27?,28?/m0/s1. The maximum Gasteiger partial charge on any atom is 0.329 e. The molecule has 3 aromatic rings. The predicted octanol–water partition coefficient (Wildman–Crippen LogP) is 2.67. The zero-order chi connectivity index (χ0) is 31.2. The summed E-state index contributed by atoms with van der Waals surface area (Å²) in [6.45, 7) is 0.415. The van der Waals surface area contributed by atoms with E-state index < -0.39 is 37.8 Å². The maximum atomic E-state index is 15.1. The molecule has 2 aliphatic carbocycles. The molecule has 9 rings (SSSR count). The number of halogens is 1. The summed E-state index contributed by atoms with van der Waals surface area (Å²) in [5, 5.41) is 6.56. The van der Waals surface area contributed by atoms with Crippen molar-refractivity contribution in [2.45, 2.75) is 55.8 Å². The molecule has 236 valence electrons. The van der Waals surface area contributed by atoms with E-state index in [1.54, 1.807) is 41.4 Å².